The summed E-state index contributed by atoms with van der Waals surface area (Å²) in [5, 5.41) is 3.45. The summed E-state index contributed by atoms with van der Waals surface area (Å²) in [4.78, 5) is 2.73. The van der Waals surface area contributed by atoms with Crippen molar-refractivity contribution in [1.29, 1.82) is 0 Å². The largest absolute Gasteiger partial charge is 0.382 e. The molecule has 0 saturated carbocycles. The van der Waals surface area contributed by atoms with Crippen LogP contribution in [0.3, 0.4) is 0 Å². The van der Waals surface area contributed by atoms with Crippen molar-refractivity contribution in [1.82, 2.24) is 5.32 Å². The molecule has 0 saturated heterocycles. The molecule has 3 nitrogen and oxygen atoms in total. The number of halogens is 1. The average Bonchev–Trinajstić information content (AvgIpc) is 2.67. The first kappa shape index (κ1) is 16.1. The fourth-order valence-corrected chi connectivity index (χ4v) is 3.09. The standard InChI is InChI=1S/C13H22BrNO2S/c1-11-13(14)9-12(18-11)10-15-5-3-4-6-17-8-7-16-2/h9,15H,3-8,10H2,1-2H3. The number of ether oxygens (including phenoxy) is 2. The normalized spacial score (nSPS) is 11.1. The van der Waals surface area contributed by atoms with E-state index in [9.17, 15) is 0 Å². The van der Waals surface area contributed by atoms with E-state index in [1.165, 1.54) is 14.2 Å². The highest BCUT2D eigenvalue weighted by Crippen LogP contribution is 2.25. The number of unbranched alkanes of at least 4 members (excludes halogenated alkanes) is 1. The summed E-state index contributed by atoms with van der Waals surface area (Å²) in [5.41, 5.74) is 0. The van der Waals surface area contributed by atoms with E-state index < -0.39 is 0 Å². The second-order valence-corrected chi connectivity index (χ2v) is 6.30. The molecule has 5 heteroatoms. The van der Waals surface area contributed by atoms with Crippen molar-refractivity contribution < 1.29 is 9.47 Å². The van der Waals surface area contributed by atoms with Gasteiger partial charge in [-0.3, -0.25) is 0 Å². The van der Waals surface area contributed by atoms with Crippen LogP contribution in [0.5, 0.6) is 0 Å². The predicted molar refractivity (Wildman–Crippen MR) is 80.4 cm³/mol. The van der Waals surface area contributed by atoms with E-state index >= 15 is 0 Å². The van der Waals surface area contributed by atoms with Gasteiger partial charge in [-0.15, -0.1) is 11.3 Å². The van der Waals surface area contributed by atoms with Crippen LogP contribution in [-0.2, 0) is 16.0 Å². The predicted octanol–water partition coefficient (Wildman–Crippen LogP) is 3.35. The lowest BCUT2D eigenvalue weighted by Gasteiger charge is -2.04. The molecule has 1 aromatic rings. The maximum absolute atomic E-state index is 5.40. The first-order valence-corrected chi connectivity index (χ1v) is 7.87. The lowest BCUT2D eigenvalue weighted by atomic mass is 10.3. The highest BCUT2D eigenvalue weighted by Gasteiger charge is 2.01. The Balaban J connectivity index is 1.92. The number of hydrogen-bond donors (Lipinski definition) is 1. The molecule has 1 heterocycles. The Labute approximate surface area is 122 Å². The average molecular weight is 336 g/mol. The molecule has 0 atom stereocenters. The van der Waals surface area contributed by atoms with Gasteiger partial charge in [0.15, 0.2) is 0 Å². The van der Waals surface area contributed by atoms with Crippen LogP contribution in [0.2, 0.25) is 0 Å². The van der Waals surface area contributed by atoms with Gasteiger partial charge in [-0.25, -0.2) is 0 Å². The minimum atomic E-state index is 0.685. The molecule has 0 unspecified atom stereocenters. The number of aryl methyl sites for hydroxylation is 1. The van der Waals surface area contributed by atoms with Crippen molar-refractivity contribution >= 4 is 27.3 Å². The number of nitrogens with one attached hydrogen (secondary N) is 1. The summed E-state index contributed by atoms with van der Waals surface area (Å²) >= 11 is 5.38. The van der Waals surface area contributed by atoms with Gasteiger partial charge in [-0.05, 0) is 48.3 Å². The highest BCUT2D eigenvalue weighted by molar-refractivity contribution is 9.10. The Bertz CT molecular complexity index is 311. The molecular weight excluding hydrogens is 314 g/mol. The zero-order chi connectivity index (χ0) is 13.2. The summed E-state index contributed by atoms with van der Waals surface area (Å²) in [6, 6.07) is 2.20. The van der Waals surface area contributed by atoms with Gasteiger partial charge in [0, 0.05) is 34.5 Å². The molecule has 18 heavy (non-hydrogen) atoms. The molecule has 1 N–H and O–H groups in total. The van der Waals surface area contributed by atoms with Crippen LogP contribution in [0.1, 0.15) is 22.6 Å². The maximum Gasteiger partial charge on any atom is 0.0700 e. The topological polar surface area (TPSA) is 30.5 Å². The maximum atomic E-state index is 5.40. The van der Waals surface area contributed by atoms with Gasteiger partial charge >= 0.3 is 0 Å². The van der Waals surface area contributed by atoms with Crippen molar-refractivity contribution in [3.8, 4) is 0 Å². The summed E-state index contributed by atoms with van der Waals surface area (Å²) in [6.45, 7) is 6.35. The first-order chi connectivity index (χ1) is 8.74. The van der Waals surface area contributed by atoms with E-state index in [1.807, 2.05) is 11.3 Å². The number of methoxy groups -OCH3 is 1. The molecule has 0 amide bonds. The van der Waals surface area contributed by atoms with Gasteiger partial charge in [0.05, 0.1) is 13.2 Å². The summed E-state index contributed by atoms with van der Waals surface area (Å²) < 4.78 is 11.5. The van der Waals surface area contributed by atoms with Crippen LogP contribution >= 0.6 is 27.3 Å². The van der Waals surface area contributed by atoms with Crippen LogP contribution < -0.4 is 5.32 Å². The zero-order valence-electron chi connectivity index (χ0n) is 11.1. The van der Waals surface area contributed by atoms with E-state index in [0.29, 0.717) is 13.2 Å². The minimum absolute atomic E-state index is 0.685. The second kappa shape index (κ2) is 9.92. The molecular formula is C13H22BrNO2S. The Morgan fingerprint density at radius 3 is 2.78 bits per heavy atom. The Morgan fingerprint density at radius 2 is 2.11 bits per heavy atom. The van der Waals surface area contributed by atoms with Crippen LogP contribution in [0, 0.1) is 6.92 Å². The number of thiophene rings is 1. The van der Waals surface area contributed by atoms with E-state index in [2.05, 4.69) is 34.2 Å². The van der Waals surface area contributed by atoms with Crippen molar-refractivity contribution in [2.24, 2.45) is 0 Å². The van der Waals surface area contributed by atoms with Gasteiger partial charge in [-0.1, -0.05) is 0 Å². The van der Waals surface area contributed by atoms with Crippen molar-refractivity contribution in [2.75, 3.05) is 33.5 Å². The molecule has 104 valence electrons. The van der Waals surface area contributed by atoms with Gasteiger partial charge in [0.2, 0.25) is 0 Å². The van der Waals surface area contributed by atoms with Crippen LogP contribution in [0.25, 0.3) is 0 Å². The van der Waals surface area contributed by atoms with Crippen LogP contribution in [0.4, 0.5) is 0 Å². The third kappa shape index (κ3) is 6.85. The quantitative estimate of drug-likeness (QED) is 0.665. The second-order valence-electron chi connectivity index (χ2n) is 4.11. The summed E-state index contributed by atoms with van der Waals surface area (Å²) in [6.07, 6.45) is 2.25. The van der Waals surface area contributed by atoms with E-state index in [4.69, 9.17) is 9.47 Å². The van der Waals surface area contributed by atoms with Crippen molar-refractivity contribution in [3.05, 3.63) is 20.3 Å². The van der Waals surface area contributed by atoms with Crippen molar-refractivity contribution in [2.45, 2.75) is 26.3 Å². The van der Waals surface area contributed by atoms with E-state index in [1.54, 1.807) is 7.11 Å². The van der Waals surface area contributed by atoms with Crippen molar-refractivity contribution in [3.63, 3.8) is 0 Å². The number of hydrogen-bond acceptors (Lipinski definition) is 4. The Hall–Kier alpha value is 0.0600. The molecule has 0 bridgehead atoms. The molecule has 0 aliphatic carbocycles. The fraction of sp³-hybridized carbons (Fsp3) is 0.692. The van der Waals surface area contributed by atoms with E-state index in [0.717, 1.165) is 32.5 Å². The summed E-state index contributed by atoms with van der Waals surface area (Å²) in [7, 11) is 1.69. The fourth-order valence-electron chi connectivity index (χ4n) is 1.51. The third-order valence-corrected chi connectivity index (χ3v) is 4.67. The molecule has 0 radical (unpaired) electrons. The summed E-state index contributed by atoms with van der Waals surface area (Å²) in [5.74, 6) is 0. The molecule has 0 aromatic carbocycles. The van der Waals surface area contributed by atoms with Crippen LogP contribution in [-0.4, -0.2) is 33.5 Å². The molecule has 1 aromatic heterocycles. The zero-order valence-corrected chi connectivity index (χ0v) is 13.5. The van der Waals surface area contributed by atoms with E-state index in [-0.39, 0.29) is 0 Å². The minimum Gasteiger partial charge on any atom is -0.382 e. The Kier molecular flexibility index (Phi) is 8.88. The number of rotatable bonds is 10. The lowest BCUT2D eigenvalue weighted by molar-refractivity contribution is 0.0688. The molecule has 0 aliphatic rings. The third-order valence-electron chi connectivity index (χ3n) is 2.53. The smallest absolute Gasteiger partial charge is 0.0700 e. The van der Waals surface area contributed by atoms with Gasteiger partial charge in [0.25, 0.3) is 0 Å². The highest BCUT2D eigenvalue weighted by atomic mass is 79.9. The van der Waals surface area contributed by atoms with Gasteiger partial charge in [0.1, 0.15) is 0 Å². The molecule has 0 spiro atoms. The lowest BCUT2D eigenvalue weighted by Crippen LogP contribution is -2.14. The molecule has 0 fully saturated rings. The van der Waals surface area contributed by atoms with Gasteiger partial charge in [-0.2, -0.15) is 0 Å². The van der Waals surface area contributed by atoms with Crippen LogP contribution in [0.15, 0.2) is 10.5 Å². The SMILES string of the molecule is COCCOCCCCNCc1cc(Br)c(C)s1. The monoisotopic (exact) mass is 335 g/mol. The molecule has 1 rings (SSSR count). The Morgan fingerprint density at radius 1 is 1.28 bits per heavy atom. The molecule has 0 aliphatic heterocycles. The van der Waals surface area contributed by atoms with Gasteiger partial charge < -0.3 is 14.8 Å². The first-order valence-electron chi connectivity index (χ1n) is 6.26.